The molecule has 0 aromatic heterocycles. The summed E-state index contributed by atoms with van der Waals surface area (Å²) in [5, 5.41) is 6.80. The Hall–Kier alpha value is -0.820. The van der Waals surface area contributed by atoms with Crippen molar-refractivity contribution < 1.29 is 8.42 Å². The van der Waals surface area contributed by atoms with Crippen LogP contribution < -0.4 is 10.6 Å². The lowest BCUT2D eigenvalue weighted by molar-refractivity contribution is 0.250. The maximum Gasteiger partial charge on any atom is 0.211 e. The molecule has 0 atom stereocenters. The van der Waals surface area contributed by atoms with E-state index >= 15 is 0 Å². The molecule has 0 amide bonds. The highest BCUT2D eigenvalue weighted by Crippen LogP contribution is 2.29. The standard InChI is InChI=1S/C17H36N4O2S/c1-6-21(24(5,22)23)13-7-12-19-17(18-4)20-16-10-8-15(9-11-16)14(2)3/h14-16H,6-13H2,1-5H3,(H2,18,19,20). The summed E-state index contributed by atoms with van der Waals surface area (Å²) in [6, 6.07) is 0.495. The molecule has 0 heterocycles. The Balaban J connectivity index is 2.29. The van der Waals surface area contributed by atoms with E-state index in [1.807, 2.05) is 6.92 Å². The normalized spacial score (nSPS) is 22.9. The Labute approximate surface area is 148 Å². The predicted molar refractivity (Wildman–Crippen MR) is 102 cm³/mol. The second-order valence-electron chi connectivity index (χ2n) is 7.11. The number of hydrogen-bond acceptors (Lipinski definition) is 3. The van der Waals surface area contributed by atoms with Gasteiger partial charge < -0.3 is 10.6 Å². The molecule has 1 aliphatic carbocycles. The van der Waals surface area contributed by atoms with E-state index in [2.05, 4.69) is 29.5 Å². The first-order valence-corrected chi connectivity index (χ1v) is 11.0. The summed E-state index contributed by atoms with van der Waals surface area (Å²) in [6.07, 6.45) is 6.99. The zero-order chi connectivity index (χ0) is 18.2. The van der Waals surface area contributed by atoms with Gasteiger partial charge >= 0.3 is 0 Å². The highest BCUT2D eigenvalue weighted by atomic mass is 32.2. The molecule has 24 heavy (non-hydrogen) atoms. The maximum atomic E-state index is 11.6. The largest absolute Gasteiger partial charge is 0.356 e. The molecule has 142 valence electrons. The van der Waals surface area contributed by atoms with Gasteiger partial charge in [-0.25, -0.2) is 12.7 Å². The zero-order valence-corrected chi connectivity index (χ0v) is 16.8. The van der Waals surface area contributed by atoms with Gasteiger partial charge in [-0.3, -0.25) is 4.99 Å². The van der Waals surface area contributed by atoms with Crippen molar-refractivity contribution in [2.45, 2.75) is 58.9 Å². The highest BCUT2D eigenvalue weighted by molar-refractivity contribution is 7.88. The Morgan fingerprint density at radius 1 is 1.25 bits per heavy atom. The molecule has 0 aliphatic heterocycles. The van der Waals surface area contributed by atoms with Crippen LogP contribution in [0.1, 0.15) is 52.9 Å². The maximum absolute atomic E-state index is 11.6. The monoisotopic (exact) mass is 360 g/mol. The van der Waals surface area contributed by atoms with Crippen molar-refractivity contribution in [1.82, 2.24) is 14.9 Å². The number of aliphatic imine (C=N–C) groups is 1. The second kappa shape index (κ2) is 10.2. The molecule has 0 unspecified atom stereocenters. The van der Waals surface area contributed by atoms with Crippen molar-refractivity contribution in [1.29, 1.82) is 0 Å². The molecular formula is C17H36N4O2S. The third kappa shape index (κ3) is 7.38. The fraction of sp³-hybridized carbons (Fsp3) is 0.941. The predicted octanol–water partition coefficient (Wildman–Crippen LogP) is 2.04. The molecular weight excluding hydrogens is 324 g/mol. The number of nitrogens with zero attached hydrogens (tertiary/aromatic N) is 2. The van der Waals surface area contributed by atoms with Crippen LogP contribution in [0.5, 0.6) is 0 Å². The Bertz CT molecular complexity index is 483. The summed E-state index contributed by atoms with van der Waals surface area (Å²) < 4.78 is 24.6. The smallest absolute Gasteiger partial charge is 0.211 e. The SMILES string of the molecule is CCN(CCCNC(=NC)NC1CCC(C(C)C)CC1)S(C)(=O)=O. The minimum Gasteiger partial charge on any atom is -0.356 e. The van der Waals surface area contributed by atoms with Crippen molar-refractivity contribution >= 4 is 16.0 Å². The first kappa shape index (κ1) is 21.2. The summed E-state index contributed by atoms with van der Waals surface area (Å²) in [7, 11) is -1.31. The molecule has 0 spiro atoms. The van der Waals surface area contributed by atoms with E-state index in [1.54, 1.807) is 7.05 Å². The van der Waals surface area contributed by atoms with E-state index in [4.69, 9.17) is 0 Å². The summed E-state index contributed by atoms with van der Waals surface area (Å²) >= 11 is 0. The fourth-order valence-corrected chi connectivity index (χ4v) is 4.27. The third-order valence-electron chi connectivity index (χ3n) is 4.98. The van der Waals surface area contributed by atoms with Crippen LogP contribution in [0, 0.1) is 11.8 Å². The molecule has 2 N–H and O–H groups in total. The molecule has 0 aromatic carbocycles. The minimum absolute atomic E-state index is 0.495. The van der Waals surface area contributed by atoms with Crippen molar-refractivity contribution in [2.24, 2.45) is 16.8 Å². The molecule has 7 heteroatoms. The van der Waals surface area contributed by atoms with Gasteiger partial charge in [0.25, 0.3) is 0 Å². The number of hydrogen-bond donors (Lipinski definition) is 2. The first-order valence-electron chi connectivity index (χ1n) is 9.20. The highest BCUT2D eigenvalue weighted by Gasteiger charge is 2.23. The van der Waals surface area contributed by atoms with E-state index in [-0.39, 0.29) is 0 Å². The van der Waals surface area contributed by atoms with Crippen LogP contribution in [0.4, 0.5) is 0 Å². The summed E-state index contributed by atoms with van der Waals surface area (Å²) in [6.45, 7) is 8.27. The Morgan fingerprint density at radius 2 is 1.88 bits per heavy atom. The molecule has 0 bridgehead atoms. The van der Waals surface area contributed by atoms with Crippen LogP contribution in [0.2, 0.25) is 0 Å². The van der Waals surface area contributed by atoms with Gasteiger partial charge in [0.2, 0.25) is 10.0 Å². The van der Waals surface area contributed by atoms with Gasteiger partial charge in [0.1, 0.15) is 0 Å². The molecule has 0 radical (unpaired) electrons. The second-order valence-corrected chi connectivity index (χ2v) is 9.09. The van der Waals surface area contributed by atoms with Crippen LogP contribution in [-0.2, 0) is 10.0 Å². The third-order valence-corrected chi connectivity index (χ3v) is 6.36. The van der Waals surface area contributed by atoms with Crippen molar-refractivity contribution in [3.63, 3.8) is 0 Å². The average Bonchev–Trinajstić information content (AvgIpc) is 2.52. The van der Waals surface area contributed by atoms with E-state index in [0.29, 0.717) is 25.7 Å². The van der Waals surface area contributed by atoms with Gasteiger partial charge in [-0.05, 0) is 43.9 Å². The van der Waals surface area contributed by atoms with E-state index in [9.17, 15) is 8.42 Å². The van der Waals surface area contributed by atoms with Crippen LogP contribution in [0.15, 0.2) is 4.99 Å². The van der Waals surface area contributed by atoms with Gasteiger partial charge in [-0.2, -0.15) is 0 Å². The molecule has 6 nitrogen and oxygen atoms in total. The summed E-state index contributed by atoms with van der Waals surface area (Å²) in [5.74, 6) is 2.46. The van der Waals surface area contributed by atoms with Gasteiger partial charge in [0.15, 0.2) is 5.96 Å². The number of sulfonamides is 1. The number of nitrogens with one attached hydrogen (secondary N) is 2. The first-order chi connectivity index (χ1) is 11.3. The summed E-state index contributed by atoms with van der Waals surface area (Å²) in [5.41, 5.74) is 0. The van der Waals surface area contributed by atoms with E-state index in [1.165, 1.54) is 36.2 Å². The molecule has 0 saturated heterocycles. The van der Waals surface area contributed by atoms with Crippen molar-refractivity contribution in [3.05, 3.63) is 0 Å². The van der Waals surface area contributed by atoms with Gasteiger partial charge in [-0.15, -0.1) is 0 Å². The van der Waals surface area contributed by atoms with Crippen molar-refractivity contribution in [3.8, 4) is 0 Å². The molecule has 1 rings (SSSR count). The summed E-state index contributed by atoms with van der Waals surface area (Å²) in [4.78, 5) is 4.28. The molecule has 0 aromatic rings. The van der Waals surface area contributed by atoms with E-state index < -0.39 is 10.0 Å². The fourth-order valence-electron chi connectivity index (χ4n) is 3.34. The quantitative estimate of drug-likeness (QED) is 0.395. The van der Waals surface area contributed by atoms with Crippen LogP contribution in [0.3, 0.4) is 0 Å². The van der Waals surface area contributed by atoms with Gasteiger partial charge in [0, 0.05) is 32.7 Å². The van der Waals surface area contributed by atoms with Crippen molar-refractivity contribution in [2.75, 3.05) is 32.9 Å². The lowest BCUT2D eigenvalue weighted by atomic mass is 9.80. The van der Waals surface area contributed by atoms with Gasteiger partial charge in [-0.1, -0.05) is 20.8 Å². The molecule has 1 fully saturated rings. The van der Waals surface area contributed by atoms with Crippen LogP contribution in [-0.4, -0.2) is 57.7 Å². The number of guanidine groups is 1. The Morgan fingerprint density at radius 3 is 2.33 bits per heavy atom. The Kier molecular flexibility index (Phi) is 9.05. The van der Waals surface area contributed by atoms with Gasteiger partial charge in [0.05, 0.1) is 6.26 Å². The average molecular weight is 361 g/mol. The molecule has 1 saturated carbocycles. The van der Waals surface area contributed by atoms with E-state index in [0.717, 1.165) is 24.2 Å². The van der Waals surface area contributed by atoms with Crippen LogP contribution >= 0.6 is 0 Å². The zero-order valence-electron chi connectivity index (χ0n) is 16.0. The minimum atomic E-state index is -3.10. The van der Waals surface area contributed by atoms with Crippen LogP contribution in [0.25, 0.3) is 0 Å². The lowest BCUT2D eigenvalue weighted by Gasteiger charge is -2.32. The topological polar surface area (TPSA) is 73.8 Å². The number of rotatable bonds is 8. The lowest BCUT2D eigenvalue weighted by Crippen LogP contribution is -2.45. The molecule has 1 aliphatic rings.